The molecule has 0 heterocycles. The predicted molar refractivity (Wildman–Crippen MR) is 65.1 cm³/mol. The van der Waals surface area contributed by atoms with Gasteiger partial charge in [0.1, 0.15) is 6.42 Å². The van der Waals surface area contributed by atoms with Crippen LogP contribution in [0.15, 0.2) is 0 Å². The maximum absolute atomic E-state index is 9.43. The maximum atomic E-state index is 9.43. The second kappa shape index (κ2) is 15.5. The van der Waals surface area contributed by atoms with E-state index in [1.807, 2.05) is 0 Å². The van der Waals surface area contributed by atoms with Gasteiger partial charge in [0.05, 0.1) is 0 Å². The van der Waals surface area contributed by atoms with Crippen LogP contribution in [0.4, 0.5) is 0 Å². The Bertz CT molecular complexity index is 165. The van der Waals surface area contributed by atoms with Crippen LogP contribution in [0.2, 0.25) is 1.78 Å². The van der Waals surface area contributed by atoms with Gasteiger partial charge in [0.25, 0.3) is 0 Å². The van der Waals surface area contributed by atoms with Gasteiger partial charge in [0.15, 0.2) is 0 Å². The molecule has 92 valence electrons. The monoisotopic (exact) mass is 356 g/mol. The summed E-state index contributed by atoms with van der Waals surface area (Å²) in [7, 11) is 0. The van der Waals surface area contributed by atoms with Crippen molar-refractivity contribution in [2.45, 2.75) is 47.7 Å². The summed E-state index contributed by atoms with van der Waals surface area (Å²) in [6, 6.07) is 0. The van der Waals surface area contributed by atoms with E-state index in [0.29, 0.717) is 0 Å². The number of rotatable bonds is 8. The largest absolute Gasteiger partial charge is 0.481 e. The second-order valence-electron chi connectivity index (χ2n) is 3.73. The molecule has 0 saturated heterocycles. The Morgan fingerprint density at radius 3 is 1.50 bits per heavy atom. The fraction of sp³-hybridized carbons (Fsp3) is 0.818. The molecule has 0 rings (SSSR count). The summed E-state index contributed by atoms with van der Waals surface area (Å²) < 4.78 is 3.35. The second-order valence-corrected chi connectivity index (χ2v) is 10.4. The molecule has 0 spiro atoms. The van der Waals surface area contributed by atoms with E-state index in [1.54, 1.807) is 1.78 Å². The normalized spacial score (nSPS) is 8.62. The van der Waals surface area contributed by atoms with Crippen LogP contribution >= 0.6 is 0 Å². The molecular formula is C11H22BaO4. The quantitative estimate of drug-likeness (QED) is 0.399. The Balaban J connectivity index is 0. The van der Waals surface area contributed by atoms with Crippen molar-refractivity contribution in [3.05, 3.63) is 0 Å². The van der Waals surface area contributed by atoms with Gasteiger partial charge >= 0.3 is 97.4 Å². The summed E-state index contributed by atoms with van der Waals surface area (Å²) >= 11 is -0.253. The minimum absolute atomic E-state index is 0.253. The standard InChI is InChI=1S/2C4H9.C3H4O4.Ba/c2*1-3-4-2;4-2(5)1-3(6)7;/h2*1,3-4H2,2H3;1H2,(H,4,5)(H,6,7);. The van der Waals surface area contributed by atoms with Crippen LogP contribution < -0.4 is 0 Å². The molecule has 0 aliphatic rings. The number of carboxylic acids is 2. The number of hydrogen-bond acceptors (Lipinski definition) is 2. The summed E-state index contributed by atoms with van der Waals surface area (Å²) in [4.78, 5) is 18.9. The topological polar surface area (TPSA) is 74.6 Å². The van der Waals surface area contributed by atoms with E-state index in [-0.39, 0.29) is 44.2 Å². The average Bonchev–Trinajstić information content (AvgIpc) is 2.16. The van der Waals surface area contributed by atoms with Gasteiger partial charge in [-0.25, -0.2) is 0 Å². The van der Waals surface area contributed by atoms with E-state index in [1.165, 1.54) is 25.7 Å². The van der Waals surface area contributed by atoms with Crippen molar-refractivity contribution < 1.29 is 19.8 Å². The molecular weight excluding hydrogens is 333 g/mol. The fourth-order valence-corrected chi connectivity index (χ4v) is 7.63. The first-order chi connectivity index (χ1) is 7.54. The number of aliphatic carboxylic acids is 2. The van der Waals surface area contributed by atoms with E-state index in [9.17, 15) is 9.59 Å². The van der Waals surface area contributed by atoms with Crippen LogP contribution in [0.3, 0.4) is 0 Å². The molecule has 0 atom stereocenters. The van der Waals surface area contributed by atoms with Crippen molar-refractivity contribution in [2.75, 3.05) is 0 Å². The third kappa shape index (κ3) is 24.0. The first-order valence-corrected chi connectivity index (χ1v) is 12.3. The number of hydrogen-bond donors (Lipinski definition) is 2. The summed E-state index contributed by atoms with van der Waals surface area (Å²) in [5.41, 5.74) is 0. The SMILES string of the molecule is CCC[CH2][Ba][CH2]CCC.O=C(O)CC(=O)O. The third-order valence-electron chi connectivity index (χ3n) is 2.01. The molecule has 5 heteroatoms. The van der Waals surface area contributed by atoms with E-state index >= 15 is 0 Å². The summed E-state index contributed by atoms with van der Waals surface area (Å²) in [6.07, 6.45) is 5.11. The Hall–Kier alpha value is 0.511. The van der Waals surface area contributed by atoms with Crippen LogP contribution in [0.5, 0.6) is 0 Å². The Kier molecular flexibility index (Phi) is 18.3. The molecule has 0 saturated carbocycles. The number of carbonyl (C=O) groups is 2. The van der Waals surface area contributed by atoms with Crippen LogP contribution in [-0.2, 0) is 9.59 Å². The summed E-state index contributed by atoms with van der Waals surface area (Å²) in [5, 5.41) is 15.4. The minimum atomic E-state index is -1.31. The van der Waals surface area contributed by atoms with Gasteiger partial charge in [-0.1, -0.05) is 0 Å². The first kappa shape index (κ1) is 18.9. The van der Waals surface area contributed by atoms with Crippen molar-refractivity contribution >= 4 is 56.1 Å². The number of unbranched alkanes of at least 4 members (excludes halogenated alkanes) is 2. The van der Waals surface area contributed by atoms with E-state index in [4.69, 9.17) is 10.2 Å². The molecule has 2 N–H and O–H groups in total. The van der Waals surface area contributed by atoms with Crippen molar-refractivity contribution in [1.82, 2.24) is 0 Å². The third-order valence-corrected chi connectivity index (χ3v) is 8.29. The van der Waals surface area contributed by atoms with Gasteiger partial charge < -0.3 is 10.2 Å². The molecule has 0 radical (unpaired) electrons. The van der Waals surface area contributed by atoms with Gasteiger partial charge in [-0.3, -0.25) is 9.59 Å². The van der Waals surface area contributed by atoms with Crippen molar-refractivity contribution in [1.29, 1.82) is 0 Å². The van der Waals surface area contributed by atoms with Crippen LogP contribution in [-0.4, -0.2) is 66.3 Å². The molecule has 0 fully saturated rings. The maximum Gasteiger partial charge on any atom is 0.314 e. The average molecular weight is 356 g/mol. The van der Waals surface area contributed by atoms with E-state index in [0.717, 1.165) is 0 Å². The fourth-order valence-electron chi connectivity index (χ4n) is 1.16. The Labute approximate surface area is 122 Å². The van der Waals surface area contributed by atoms with Crippen molar-refractivity contribution in [3.8, 4) is 0 Å². The molecule has 16 heavy (non-hydrogen) atoms. The molecule has 4 nitrogen and oxygen atoms in total. The van der Waals surface area contributed by atoms with Gasteiger partial charge in [-0.15, -0.1) is 0 Å². The Morgan fingerprint density at radius 1 is 0.938 bits per heavy atom. The molecule has 0 aromatic rings. The van der Waals surface area contributed by atoms with Gasteiger partial charge in [-0.2, -0.15) is 0 Å². The Morgan fingerprint density at radius 2 is 1.31 bits per heavy atom. The molecule has 0 amide bonds. The van der Waals surface area contributed by atoms with Crippen LogP contribution in [0.25, 0.3) is 0 Å². The zero-order valence-corrected chi connectivity index (χ0v) is 14.8. The molecule has 0 aromatic carbocycles. The zero-order chi connectivity index (χ0) is 12.8. The first-order valence-electron chi connectivity index (χ1n) is 5.98. The van der Waals surface area contributed by atoms with Gasteiger partial charge in [0.2, 0.25) is 0 Å². The minimum Gasteiger partial charge on any atom is -0.481 e. The number of carboxylic acid groups (broad SMARTS) is 2. The van der Waals surface area contributed by atoms with Crippen LogP contribution in [0, 0.1) is 0 Å². The smallest absolute Gasteiger partial charge is 0.314 e. The predicted octanol–water partition coefficient (Wildman–Crippen LogP) is 2.67. The van der Waals surface area contributed by atoms with Gasteiger partial charge in [0, 0.05) is 0 Å². The molecule has 0 bridgehead atoms. The molecule has 0 unspecified atom stereocenters. The molecule has 0 aromatic heterocycles. The molecule has 0 aliphatic carbocycles. The van der Waals surface area contributed by atoms with Crippen molar-refractivity contribution in [3.63, 3.8) is 0 Å². The van der Waals surface area contributed by atoms with Crippen LogP contribution in [0.1, 0.15) is 46.0 Å². The van der Waals surface area contributed by atoms with E-state index in [2.05, 4.69) is 13.8 Å². The summed E-state index contributed by atoms with van der Waals surface area (Å²) in [5.74, 6) is -2.62. The van der Waals surface area contributed by atoms with E-state index < -0.39 is 18.4 Å². The zero-order valence-electron chi connectivity index (χ0n) is 10.4. The van der Waals surface area contributed by atoms with Gasteiger partial charge in [-0.05, 0) is 0 Å². The summed E-state index contributed by atoms with van der Waals surface area (Å²) in [6.45, 7) is 4.60. The molecule has 0 aliphatic heterocycles. The van der Waals surface area contributed by atoms with Crippen molar-refractivity contribution in [2.24, 2.45) is 0 Å².